The summed E-state index contributed by atoms with van der Waals surface area (Å²) in [5.41, 5.74) is 4.70. The van der Waals surface area contributed by atoms with Crippen LogP contribution in [0.5, 0.6) is 0 Å². The number of aromatic nitrogens is 6. The van der Waals surface area contributed by atoms with Crippen molar-refractivity contribution in [1.82, 2.24) is 28.7 Å². The maximum Gasteiger partial charge on any atom is 0.341 e. The van der Waals surface area contributed by atoms with E-state index in [1.54, 1.807) is 62.2 Å². The second-order valence-corrected chi connectivity index (χ2v) is 10.8. The lowest BCUT2D eigenvalue weighted by Crippen LogP contribution is -2.18. The molecule has 244 valence electrons. The highest BCUT2D eigenvalue weighted by molar-refractivity contribution is 5.88. The van der Waals surface area contributed by atoms with E-state index >= 15 is 0 Å². The largest absolute Gasteiger partial charge is 0.478 e. The Morgan fingerprint density at radius 3 is 1.44 bits per heavy atom. The first-order valence-corrected chi connectivity index (χ1v) is 15.2. The number of nitrogens with zero attached hydrogens (tertiary/aromatic N) is 6. The first-order chi connectivity index (χ1) is 23.3. The highest BCUT2D eigenvalue weighted by Crippen LogP contribution is 2.10. The van der Waals surface area contributed by atoms with E-state index in [4.69, 9.17) is 9.84 Å². The second kappa shape index (κ2) is 15.8. The summed E-state index contributed by atoms with van der Waals surface area (Å²) in [7, 11) is 0. The SMILES string of the molecule is CCOC(=O)c1cnn(Cc2ccc(Cn3ccccc3=O)cc2)c1.O=C(O)c1cnn(Cc2ccc(Cn3ccccc3=O)cc2)c1. The lowest BCUT2D eigenvalue weighted by molar-refractivity contribution is 0.0525. The van der Waals surface area contributed by atoms with Crippen LogP contribution < -0.4 is 11.1 Å². The maximum atomic E-state index is 11.7. The average molecular weight is 647 g/mol. The number of rotatable bonds is 11. The molecule has 0 saturated carbocycles. The minimum atomic E-state index is -0.986. The van der Waals surface area contributed by atoms with Crippen molar-refractivity contribution in [3.8, 4) is 0 Å². The number of carboxylic acids is 1. The lowest BCUT2D eigenvalue weighted by atomic mass is 10.1. The highest BCUT2D eigenvalue weighted by atomic mass is 16.5. The van der Waals surface area contributed by atoms with E-state index in [0.29, 0.717) is 38.3 Å². The Hall–Kier alpha value is -6.30. The molecule has 48 heavy (non-hydrogen) atoms. The summed E-state index contributed by atoms with van der Waals surface area (Å²) in [6.07, 6.45) is 9.55. The minimum Gasteiger partial charge on any atom is -0.478 e. The summed E-state index contributed by atoms with van der Waals surface area (Å²) < 4.78 is 11.5. The number of hydrogen-bond donors (Lipinski definition) is 1. The Balaban J connectivity index is 0.000000188. The van der Waals surface area contributed by atoms with Gasteiger partial charge in [0.05, 0.1) is 56.3 Å². The van der Waals surface area contributed by atoms with Crippen LogP contribution in [0, 0.1) is 0 Å². The summed E-state index contributed by atoms with van der Waals surface area (Å²) in [6.45, 7) is 4.23. The molecule has 0 bridgehead atoms. The van der Waals surface area contributed by atoms with E-state index in [0.717, 1.165) is 22.3 Å². The van der Waals surface area contributed by atoms with Crippen molar-refractivity contribution in [3.63, 3.8) is 0 Å². The molecule has 0 amide bonds. The Labute approximate surface area is 275 Å². The minimum absolute atomic E-state index is 0.0189. The Kier molecular flexibility index (Phi) is 10.9. The molecule has 0 saturated heterocycles. The molecule has 6 rings (SSSR count). The van der Waals surface area contributed by atoms with Crippen LogP contribution in [0.2, 0.25) is 0 Å². The number of ether oxygens (including phenoxy) is 1. The maximum absolute atomic E-state index is 11.7. The van der Waals surface area contributed by atoms with Gasteiger partial charge in [0.15, 0.2) is 0 Å². The zero-order valence-corrected chi connectivity index (χ0v) is 26.3. The van der Waals surface area contributed by atoms with Crippen LogP contribution in [0.25, 0.3) is 0 Å². The summed E-state index contributed by atoms with van der Waals surface area (Å²) in [4.78, 5) is 45.9. The van der Waals surface area contributed by atoms with Gasteiger partial charge in [-0.2, -0.15) is 10.2 Å². The quantitative estimate of drug-likeness (QED) is 0.207. The zero-order chi connectivity index (χ0) is 33.9. The van der Waals surface area contributed by atoms with E-state index in [1.165, 1.54) is 24.7 Å². The normalized spacial score (nSPS) is 10.6. The molecule has 0 aliphatic carbocycles. The van der Waals surface area contributed by atoms with E-state index in [2.05, 4.69) is 10.2 Å². The molecule has 0 fully saturated rings. The molecule has 0 radical (unpaired) electrons. The Morgan fingerprint density at radius 1 is 0.625 bits per heavy atom. The van der Waals surface area contributed by atoms with Gasteiger partial charge in [-0.1, -0.05) is 60.7 Å². The van der Waals surface area contributed by atoms with Crippen LogP contribution in [-0.2, 0) is 30.9 Å². The molecule has 0 atom stereocenters. The van der Waals surface area contributed by atoms with Crippen LogP contribution >= 0.6 is 0 Å². The van der Waals surface area contributed by atoms with Crippen molar-refractivity contribution in [3.05, 3.63) is 176 Å². The van der Waals surface area contributed by atoms with Crippen molar-refractivity contribution in [2.24, 2.45) is 0 Å². The molecule has 0 unspecified atom stereocenters. The van der Waals surface area contributed by atoms with Gasteiger partial charge in [0.2, 0.25) is 0 Å². The zero-order valence-electron chi connectivity index (χ0n) is 26.3. The molecule has 0 spiro atoms. The number of benzene rings is 2. The third-order valence-electron chi connectivity index (χ3n) is 7.26. The van der Waals surface area contributed by atoms with Gasteiger partial charge in [0.25, 0.3) is 11.1 Å². The third kappa shape index (κ3) is 9.13. The topological polar surface area (TPSA) is 143 Å². The number of carboxylic acid groups (broad SMARTS) is 1. The fraction of sp³-hybridized carbons (Fsp3) is 0.167. The Bertz CT molecular complexity index is 2090. The number of esters is 1. The molecular formula is C36H34N6O6. The van der Waals surface area contributed by atoms with Crippen LogP contribution in [0.3, 0.4) is 0 Å². The number of aromatic carboxylic acids is 1. The molecule has 2 aromatic carbocycles. The number of hydrogen-bond acceptors (Lipinski definition) is 7. The highest BCUT2D eigenvalue weighted by Gasteiger charge is 2.10. The molecule has 1 N–H and O–H groups in total. The summed E-state index contributed by atoms with van der Waals surface area (Å²) in [6, 6.07) is 26.0. The molecule has 4 heterocycles. The van der Waals surface area contributed by atoms with Gasteiger partial charge in [-0.3, -0.25) is 19.0 Å². The van der Waals surface area contributed by atoms with Gasteiger partial charge in [0.1, 0.15) is 0 Å². The van der Waals surface area contributed by atoms with Gasteiger partial charge >= 0.3 is 11.9 Å². The molecule has 0 aliphatic heterocycles. The second-order valence-electron chi connectivity index (χ2n) is 10.8. The van der Waals surface area contributed by atoms with Crippen molar-refractivity contribution in [1.29, 1.82) is 0 Å². The molecule has 12 heteroatoms. The molecule has 12 nitrogen and oxygen atoms in total. The summed E-state index contributed by atoms with van der Waals surface area (Å²) >= 11 is 0. The number of carbonyl (C=O) groups excluding carboxylic acids is 1. The van der Waals surface area contributed by atoms with Crippen molar-refractivity contribution >= 4 is 11.9 Å². The first-order valence-electron chi connectivity index (χ1n) is 15.2. The lowest BCUT2D eigenvalue weighted by Gasteiger charge is -2.07. The van der Waals surface area contributed by atoms with Gasteiger partial charge in [-0.25, -0.2) is 9.59 Å². The van der Waals surface area contributed by atoms with Crippen LogP contribution in [0.1, 0.15) is 49.9 Å². The number of pyridine rings is 2. The van der Waals surface area contributed by atoms with Gasteiger partial charge in [0, 0.05) is 36.9 Å². The van der Waals surface area contributed by atoms with Gasteiger partial charge in [-0.15, -0.1) is 0 Å². The summed E-state index contributed by atoms with van der Waals surface area (Å²) in [5.74, 6) is -1.35. The van der Waals surface area contributed by atoms with E-state index in [9.17, 15) is 19.2 Å². The third-order valence-corrected chi connectivity index (χ3v) is 7.26. The monoisotopic (exact) mass is 646 g/mol. The fourth-order valence-corrected chi connectivity index (χ4v) is 4.78. The fourth-order valence-electron chi connectivity index (χ4n) is 4.78. The molecule has 0 aliphatic rings. The van der Waals surface area contributed by atoms with E-state index in [1.807, 2.05) is 60.7 Å². The smallest absolute Gasteiger partial charge is 0.341 e. The molecular weight excluding hydrogens is 612 g/mol. The molecule has 6 aromatic rings. The number of carbonyl (C=O) groups is 2. The van der Waals surface area contributed by atoms with Crippen LogP contribution in [0.15, 0.2) is 132 Å². The van der Waals surface area contributed by atoms with Crippen LogP contribution in [-0.4, -0.2) is 52.3 Å². The van der Waals surface area contributed by atoms with Gasteiger partial charge < -0.3 is 19.0 Å². The van der Waals surface area contributed by atoms with Crippen molar-refractivity contribution < 1.29 is 19.4 Å². The van der Waals surface area contributed by atoms with E-state index < -0.39 is 5.97 Å². The average Bonchev–Trinajstić information content (AvgIpc) is 3.76. The Morgan fingerprint density at radius 2 is 1.04 bits per heavy atom. The molecule has 4 aromatic heterocycles. The van der Waals surface area contributed by atoms with Crippen LogP contribution in [0.4, 0.5) is 0 Å². The van der Waals surface area contributed by atoms with E-state index in [-0.39, 0.29) is 22.7 Å². The first kappa shape index (κ1) is 33.1. The predicted molar refractivity (Wildman–Crippen MR) is 178 cm³/mol. The van der Waals surface area contributed by atoms with Crippen molar-refractivity contribution in [2.75, 3.05) is 6.61 Å². The predicted octanol–water partition coefficient (Wildman–Crippen LogP) is 4.16. The summed E-state index contributed by atoms with van der Waals surface area (Å²) in [5, 5.41) is 17.1. The van der Waals surface area contributed by atoms with Gasteiger partial charge in [-0.05, 0) is 41.3 Å². The van der Waals surface area contributed by atoms with Crippen molar-refractivity contribution in [2.45, 2.75) is 33.1 Å². The standard InChI is InChI=1S/C19H19N3O3.C17H15N3O3/c1-2-25-19(24)17-11-20-22(14-17)13-16-8-6-15(7-9-16)12-21-10-4-3-5-18(21)23;21-16-3-1-2-8-19(16)10-13-4-6-14(7-5-13)11-20-12-15(9-18-20)17(22)23/h3-11,14H,2,12-13H2,1H3;1-9,12H,10-11H2,(H,22,23).